The lowest BCUT2D eigenvalue weighted by molar-refractivity contribution is -0.192. The molecule has 3 fully saturated rings. The lowest BCUT2D eigenvalue weighted by atomic mass is 9.44. The number of halogens is 1. The fourth-order valence-electron chi connectivity index (χ4n) is 7.21. The number of carbonyl (C=O) groups is 1. The van der Waals surface area contributed by atoms with E-state index in [4.69, 9.17) is 16.3 Å². The summed E-state index contributed by atoms with van der Waals surface area (Å²) in [4.78, 5) is 13.7. The van der Waals surface area contributed by atoms with Gasteiger partial charge in [0.1, 0.15) is 5.78 Å². The van der Waals surface area contributed by atoms with E-state index in [1.54, 1.807) is 7.11 Å². The number of alkyl halides is 1. The molecule has 150 valence electrons. The van der Waals surface area contributed by atoms with E-state index in [-0.39, 0.29) is 28.8 Å². The third-order valence-electron chi connectivity index (χ3n) is 9.04. The predicted molar refractivity (Wildman–Crippen MR) is 105 cm³/mol. The predicted octanol–water partition coefficient (Wildman–Crippen LogP) is 4.83. The van der Waals surface area contributed by atoms with E-state index in [0.29, 0.717) is 24.0 Å². The van der Waals surface area contributed by atoms with Gasteiger partial charge in [0, 0.05) is 29.7 Å². The number of aliphatic hydroxyl groups excluding tert-OH is 1. The second-order valence-corrected chi connectivity index (χ2v) is 10.4. The van der Waals surface area contributed by atoms with E-state index < -0.39 is 11.5 Å². The number of aliphatic hydroxyl groups is 1. The van der Waals surface area contributed by atoms with Crippen molar-refractivity contribution < 1.29 is 14.6 Å². The van der Waals surface area contributed by atoms with E-state index in [1.165, 1.54) is 0 Å². The highest BCUT2D eigenvalue weighted by atomic mass is 35.5. The van der Waals surface area contributed by atoms with Crippen molar-refractivity contribution in [3.63, 3.8) is 0 Å². The first-order chi connectivity index (χ1) is 12.2. The van der Waals surface area contributed by atoms with Gasteiger partial charge < -0.3 is 9.84 Å². The molecule has 3 saturated carbocycles. The van der Waals surface area contributed by atoms with E-state index in [1.807, 2.05) is 0 Å². The molecule has 0 saturated heterocycles. The Balaban J connectivity index is 2.12. The van der Waals surface area contributed by atoms with E-state index in [0.717, 1.165) is 38.5 Å². The molecule has 0 amide bonds. The van der Waals surface area contributed by atoms with Gasteiger partial charge in [-0.05, 0) is 62.2 Å². The van der Waals surface area contributed by atoms with Gasteiger partial charge in [-0.2, -0.15) is 0 Å². The Morgan fingerprint density at radius 1 is 1.23 bits per heavy atom. The van der Waals surface area contributed by atoms with Crippen LogP contribution in [-0.4, -0.2) is 36.1 Å². The highest BCUT2D eigenvalue weighted by molar-refractivity contribution is 6.17. The highest BCUT2D eigenvalue weighted by Crippen LogP contribution is 2.68. The summed E-state index contributed by atoms with van der Waals surface area (Å²) in [6, 6.07) is 0. The average molecular weight is 385 g/mol. The van der Waals surface area contributed by atoms with Crippen molar-refractivity contribution >= 4 is 17.4 Å². The van der Waals surface area contributed by atoms with Gasteiger partial charge >= 0.3 is 0 Å². The zero-order valence-corrected chi connectivity index (χ0v) is 17.9. The first-order valence-electron chi connectivity index (χ1n) is 10.5. The van der Waals surface area contributed by atoms with Crippen LogP contribution in [0.15, 0.2) is 0 Å². The summed E-state index contributed by atoms with van der Waals surface area (Å²) < 4.78 is 5.93. The van der Waals surface area contributed by atoms with Crippen molar-refractivity contribution in [2.75, 3.05) is 13.0 Å². The van der Waals surface area contributed by atoms with Gasteiger partial charge in [0.25, 0.3) is 0 Å². The molecule has 0 spiro atoms. The van der Waals surface area contributed by atoms with Crippen LogP contribution in [0.25, 0.3) is 0 Å². The Morgan fingerprint density at radius 2 is 1.88 bits per heavy atom. The summed E-state index contributed by atoms with van der Waals surface area (Å²) in [5.41, 5.74) is -0.704. The zero-order chi connectivity index (χ0) is 19.3. The average Bonchev–Trinajstić information content (AvgIpc) is 3.02. The van der Waals surface area contributed by atoms with Gasteiger partial charge in [0.05, 0.1) is 12.2 Å². The number of Topliss-reactive ketones (excluding diaryl/α,β-unsaturated/α-hetero) is 1. The second kappa shape index (κ2) is 7.04. The second-order valence-electron chi connectivity index (χ2n) is 9.99. The van der Waals surface area contributed by atoms with Crippen LogP contribution >= 0.6 is 11.6 Å². The quantitative estimate of drug-likeness (QED) is 0.706. The topological polar surface area (TPSA) is 46.5 Å². The Kier molecular flexibility index (Phi) is 5.58. The minimum Gasteiger partial charge on any atom is -0.393 e. The molecule has 3 rings (SSSR count). The molecular weight excluding hydrogens is 348 g/mol. The maximum absolute atomic E-state index is 13.7. The van der Waals surface area contributed by atoms with Gasteiger partial charge in [-0.1, -0.05) is 27.7 Å². The van der Waals surface area contributed by atoms with Crippen molar-refractivity contribution in [2.45, 2.75) is 84.8 Å². The molecule has 0 aromatic carbocycles. The molecule has 3 aliphatic carbocycles. The molecule has 0 heterocycles. The van der Waals surface area contributed by atoms with Gasteiger partial charge in [-0.3, -0.25) is 4.79 Å². The molecule has 0 aliphatic heterocycles. The summed E-state index contributed by atoms with van der Waals surface area (Å²) >= 11 is 5.96. The van der Waals surface area contributed by atoms with Crippen molar-refractivity contribution in [3.8, 4) is 0 Å². The van der Waals surface area contributed by atoms with Crippen LogP contribution in [0.1, 0.15) is 72.6 Å². The Bertz CT molecular complexity index is 552. The van der Waals surface area contributed by atoms with Crippen LogP contribution < -0.4 is 0 Å². The third-order valence-corrected chi connectivity index (χ3v) is 9.30. The van der Waals surface area contributed by atoms with Crippen molar-refractivity contribution in [3.05, 3.63) is 0 Å². The number of ketones is 1. The minimum absolute atomic E-state index is 0.0206. The normalized spacial score (nSPS) is 51.7. The number of rotatable bonds is 4. The maximum Gasteiger partial charge on any atom is 0.142 e. The van der Waals surface area contributed by atoms with Crippen molar-refractivity contribution in [1.29, 1.82) is 0 Å². The summed E-state index contributed by atoms with van der Waals surface area (Å²) in [5.74, 6) is 1.63. The molecule has 1 N–H and O–H groups in total. The van der Waals surface area contributed by atoms with Crippen molar-refractivity contribution in [1.82, 2.24) is 0 Å². The van der Waals surface area contributed by atoms with E-state index in [2.05, 4.69) is 27.7 Å². The monoisotopic (exact) mass is 384 g/mol. The zero-order valence-electron chi connectivity index (χ0n) is 17.2. The van der Waals surface area contributed by atoms with Crippen LogP contribution in [0, 0.1) is 34.0 Å². The number of ether oxygens (including phenoxy) is 1. The molecule has 4 heteroatoms. The molecule has 2 unspecified atom stereocenters. The summed E-state index contributed by atoms with van der Waals surface area (Å²) in [6.07, 6.45) is 6.06. The van der Waals surface area contributed by atoms with Crippen molar-refractivity contribution in [2.24, 2.45) is 34.0 Å². The molecule has 0 aromatic rings. The minimum atomic E-state index is -0.477. The number of methoxy groups -OCH3 is 1. The lowest BCUT2D eigenvalue weighted by Gasteiger charge is -2.61. The van der Waals surface area contributed by atoms with Gasteiger partial charge in [-0.25, -0.2) is 0 Å². The highest BCUT2D eigenvalue weighted by Gasteiger charge is 2.67. The molecule has 8 atom stereocenters. The number of hydrogen-bond acceptors (Lipinski definition) is 3. The first kappa shape index (κ1) is 20.6. The third kappa shape index (κ3) is 2.71. The fraction of sp³-hybridized carbons (Fsp3) is 0.955. The molecule has 0 radical (unpaired) electrons. The number of carbonyl (C=O) groups excluding carboxylic acids is 1. The van der Waals surface area contributed by atoms with Gasteiger partial charge in [0.2, 0.25) is 0 Å². The molecule has 2 bridgehead atoms. The van der Waals surface area contributed by atoms with Crippen LogP contribution in [0.4, 0.5) is 0 Å². The summed E-state index contributed by atoms with van der Waals surface area (Å²) in [5, 5.41) is 11.5. The molecule has 3 aliphatic rings. The van der Waals surface area contributed by atoms with Gasteiger partial charge in [-0.15, -0.1) is 11.6 Å². The Labute approximate surface area is 164 Å². The van der Waals surface area contributed by atoms with Crippen LogP contribution in [0.3, 0.4) is 0 Å². The summed E-state index contributed by atoms with van der Waals surface area (Å²) in [7, 11) is 1.80. The van der Waals surface area contributed by atoms with Gasteiger partial charge in [0.15, 0.2) is 0 Å². The smallest absolute Gasteiger partial charge is 0.142 e. The molecule has 26 heavy (non-hydrogen) atoms. The molecule has 0 aromatic heterocycles. The van der Waals surface area contributed by atoms with Crippen LogP contribution in [0.2, 0.25) is 0 Å². The fourth-order valence-corrected chi connectivity index (χ4v) is 7.35. The summed E-state index contributed by atoms with van der Waals surface area (Å²) in [6.45, 7) is 8.82. The standard InChI is InChI=1S/C22H37ClO3/c1-14-7-10-22-11-8-16(26-5)18(22)21(14,4)17(24)13-20(3,9-6-12-23)19(25)15(22)2/h14-18,24H,6-13H2,1-5H3/t14-,15+,16-,17-,18?,20-,21+,22?/m1/s1. The largest absolute Gasteiger partial charge is 0.393 e. The van der Waals surface area contributed by atoms with E-state index in [9.17, 15) is 9.90 Å². The lowest BCUT2D eigenvalue weighted by Crippen LogP contribution is -2.62. The molecular formula is C22H37ClO3. The Morgan fingerprint density at radius 3 is 2.50 bits per heavy atom. The van der Waals surface area contributed by atoms with E-state index >= 15 is 0 Å². The molecule has 3 nitrogen and oxygen atoms in total. The van der Waals surface area contributed by atoms with Crippen LogP contribution in [0.5, 0.6) is 0 Å². The Hall–Kier alpha value is -0.120. The van der Waals surface area contributed by atoms with Crippen LogP contribution in [-0.2, 0) is 9.53 Å². The first-order valence-corrected chi connectivity index (χ1v) is 11.0. The maximum atomic E-state index is 13.7. The number of hydrogen-bond donors (Lipinski definition) is 1. The SMILES string of the molecule is CO[C@@H]1CCC23CC[C@@H](C)[C@](C)(C12)[C@H](O)C[C@@](C)(CCCCl)C(=O)[C@@H]3C.